The van der Waals surface area contributed by atoms with Gasteiger partial charge in [0.05, 0.1) is 18.8 Å². The molecule has 124 valence electrons. The molecule has 6 heteroatoms. The Balaban J connectivity index is 1.91. The zero-order valence-corrected chi connectivity index (χ0v) is 13.4. The van der Waals surface area contributed by atoms with Crippen molar-refractivity contribution in [3.05, 3.63) is 66.5 Å². The quantitative estimate of drug-likeness (QED) is 0.764. The van der Waals surface area contributed by atoms with E-state index in [4.69, 9.17) is 4.74 Å². The Hall–Kier alpha value is -3.15. The van der Waals surface area contributed by atoms with Gasteiger partial charge in [0.2, 0.25) is 11.8 Å². The van der Waals surface area contributed by atoms with Crippen LogP contribution in [0.15, 0.2) is 55.3 Å². The molecular formula is C18H19N3O3. The Bertz CT molecular complexity index is 744. The summed E-state index contributed by atoms with van der Waals surface area (Å²) in [4.78, 5) is 26.8. The number of para-hydroxylation sites is 1. The predicted octanol–water partition coefficient (Wildman–Crippen LogP) is 2.10. The number of aryl methyl sites for hydroxylation is 1. The maximum Gasteiger partial charge on any atom is 0.243 e. The minimum absolute atomic E-state index is 0.107. The third-order valence-corrected chi connectivity index (χ3v) is 3.18. The lowest BCUT2D eigenvalue weighted by molar-refractivity contribution is -0.124. The first-order chi connectivity index (χ1) is 11.6. The number of carbonyl (C=O) groups excluding carboxylic acids is 2. The second-order valence-electron chi connectivity index (χ2n) is 5.05. The van der Waals surface area contributed by atoms with E-state index in [1.165, 1.54) is 0 Å². The number of hydrogen-bond donors (Lipinski definition) is 2. The smallest absolute Gasteiger partial charge is 0.243 e. The second-order valence-corrected chi connectivity index (χ2v) is 5.05. The molecule has 0 aliphatic carbocycles. The van der Waals surface area contributed by atoms with Crippen LogP contribution in [0.2, 0.25) is 0 Å². The van der Waals surface area contributed by atoms with E-state index >= 15 is 0 Å². The van der Waals surface area contributed by atoms with Crippen LogP contribution in [0.4, 0.5) is 0 Å². The van der Waals surface area contributed by atoms with Gasteiger partial charge in [0, 0.05) is 12.3 Å². The summed E-state index contributed by atoms with van der Waals surface area (Å²) in [5.74, 6) is 0.712. The van der Waals surface area contributed by atoms with Crippen LogP contribution in [0.5, 0.6) is 11.5 Å². The molecular weight excluding hydrogens is 306 g/mol. The first-order valence-electron chi connectivity index (χ1n) is 7.44. The molecule has 2 amide bonds. The van der Waals surface area contributed by atoms with Crippen LogP contribution in [-0.2, 0) is 16.1 Å². The number of benzene rings is 1. The van der Waals surface area contributed by atoms with Crippen molar-refractivity contribution in [3.63, 3.8) is 0 Å². The van der Waals surface area contributed by atoms with Crippen molar-refractivity contribution in [2.75, 3.05) is 6.54 Å². The number of pyridine rings is 1. The van der Waals surface area contributed by atoms with E-state index in [2.05, 4.69) is 22.2 Å². The molecule has 0 spiro atoms. The fourth-order valence-corrected chi connectivity index (χ4v) is 1.91. The molecule has 2 aromatic rings. The normalized spacial score (nSPS) is 9.88. The number of nitrogens with zero attached hydrogens (tertiary/aromatic N) is 1. The Morgan fingerprint density at radius 2 is 2.04 bits per heavy atom. The van der Waals surface area contributed by atoms with Crippen LogP contribution >= 0.6 is 0 Å². The van der Waals surface area contributed by atoms with Gasteiger partial charge in [0.25, 0.3) is 0 Å². The third-order valence-electron chi connectivity index (χ3n) is 3.18. The molecule has 24 heavy (non-hydrogen) atoms. The van der Waals surface area contributed by atoms with E-state index in [1.807, 2.05) is 31.2 Å². The lowest BCUT2D eigenvalue weighted by atomic mass is 10.2. The van der Waals surface area contributed by atoms with Crippen molar-refractivity contribution in [2.24, 2.45) is 0 Å². The zero-order chi connectivity index (χ0) is 17.4. The van der Waals surface area contributed by atoms with Crippen LogP contribution in [-0.4, -0.2) is 23.3 Å². The van der Waals surface area contributed by atoms with Gasteiger partial charge in [-0.3, -0.25) is 14.6 Å². The lowest BCUT2D eigenvalue weighted by Gasteiger charge is -2.10. The number of rotatable bonds is 7. The van der Waals surface area contributed by atoms with Gasteiger partial charge in [-0.05, 0) is 30.7 Å². The SMILES string of the molecule is C=CC(=O)NCC(=O)NCc1cc(Oc2ccccc2C)ccn1. The number of nitrogens with one attached hydrogen (secondary N) is 2. The van der Waals surface area contributed by atoms with Crippen LogP contribution in [0, 0.1) is 6.92 Å². The highest BCUT2D eigenvalue weighted by atomic mass is 16.5. The Kier molecular flexibility index (Phi) is 6.08. The minimum Gasteiger partial charge on any atom is -0.457 e. The maximum atomic E-state index is 11.6. The summed E-state index contributed by atoms with van der Waals surface area (Å²) >= 11 is 0. The predicted molar refractivity (Wildman–Crippen MR) is 90.5 cm³/mol. The van der Waals surface area contributed by atoms with E-state index in [0.29, 0.717) is 11.4 Å². The Morgan fingerprint density at radius 1 is 1.25 bits per heavy atom. The number of carbonyl (C=O) groups is 2. The summed E-state index contributed by atoms with van der Waals surface area (Å²) in [6, 6.07) is 11.2. The van der Waals surface area contributed by atoms with Crippen LogP contribution in [0.3, 0.4) is 0 Å². The van der Waals surface area contributed by atoms with Gasteiger partial charge in [-0.1, -0.05) is 24.8 Å². The topological polar surface area (TPSA) is 80.3 Å². The second kappa shape index (κ2) is 8.47. The van der Waals surface area contributed by atoms with Crippen LogP contribution < -0.4 is 15.4 Å². The Labute approximate surface area is 140 Å². The molecule has 1 heterocycles. The molecule has 0 unspecified atom stereocenters. The number of aromatic nitrogens is 1. The monoisotopic (exact) mass is 325 g/mol. The molecule has 0 atom stereocenters. The van der Waals surface area contributed by atoms with Crippen molar-refractivity contribution in [3.8, 4) is 11.5 Å². The van der Waals surface area contributed by atoms with Gasteiger partial charge in [-0.2, -0.15) is 0 Å². The van der Waals surface area contributed by atoms with Crippen molar-refractivity contribution in [1.29, 1.82) is 0 Å². The summed E-state index contributed by atoms with van der Waals surface area (Å²) < 4.78 is 5.83. The summed E-state index contributed by atoms with van der Waals surface area (Å²) in [5, 5.41) is 5.08. The number of amides is 2. The van der Waals surface area contributed by atoms with Gasteiger partial charge >= 0.3 is 0 Å². The molecule has 2 rings (SSSR count). The fraction of sp³-hybridized carbons (Fsp3) is 0.167. The first kappa shape index (κ1) is 17.2. The molecule has 2 N–H and O–H groups in total. The average Bonchev–Trinajstić information content (AvgIpc) is 2.60. The molecule has 1 aromatic heterocycles. The molecule has 0 aliphatic heterocycles. The molecule has 0 aliphatic rings. The molecule has 0 bridgehead atoms. The highest BCUT2D eigenvalue weighted by molar-refractivity contribution is 5.90. The Morgan fingerprint density at radius 3 is 2.79 bits per heavy atom. The minimum atomic E-state index is -0.392. The lowest BCUT2D eigenvalue weighted by Crippen LogP contribution is -2.35. The highest BCUT2D eigenvalue weighted by Gasteiger charge is 2.05. The van der Waals surface area contributed by atoms with Crippen molar-refractivity contribution in [2.45, 2.75) is 13.5 Å². The van der Waals surface area contributed by atoms with E-state index in [9.17, 15) is 9.59 Å². The van der Waals surface area contributed by atoms with Gasteiger partial charge in [-0.15, -0.1) is 0 Å². The fourth-order valence-electron chi connectivity index (χ4n) is 1.91. The molecule has 0 radical (unpaired) electrons. The average molecular weight is 325 g/mol. The number of hydrogen-bond acceptors (Lipinski definition) is 4. The standard InChI is InChI=1S/C18H19N3O3/c1-3-17(22)21-12-18(23)20-11-14-10-15(8-9-19-14)24-16-7-5-4-6-13(16)2/h3-10H,1,11-12H2,2H3,(H,20,23)(H,21,22). The van der Waals surface area contributed by atoms with Crippen molar-refractivity contribution < 1.29 is 14.3 Å². The van der Waals surface area contributed by atoms with Crippen LogP contribution in [0.25, 0.3) is 0 Å². The van der Waals surface area contributed by atoms with E-state index in [-0.39, 0.29) is 19.0 Å². The first-order valence-corrected chi connectivity index (χ1v) is 7.44. The van der Waals surface area contributed by atoms with Crippen LogP contribution in [0.1, 0.15) is 11.3 Å². The van der Waals surface area contributed by atoms with Crippen molar-refractivity contribution >= 4 is 11.8 Å². The highest BCUT2D eigenvalue weighted by Crippen LogP contribution is 2.24. The molecule has 6 nitrogen and oxygen atoms in total. The summed E-state index contributed by atoms with van der Waals surface area (Å²) in [7, 11) is 0. The molecule has 0 saturated heterocycles. The molecule has 0 saturated carbocycles. The maximum absolute atomic E-state index is 11.6. The van der Waals surface area contributed by atoms with Gasteiger partial charge in [0.15, 0.2) is 0 Å². The number of ether oxygens (including phenoxy) is 1. The third kappa shape index (κ3) is 5.24. The van der Waals surface area contributed by atoms with Crippen molar-refractivity contribution in [1.82, 2.24) is 15.6 Å². The summed E-state index contributed by atoms with van der Waals surface area (Å²) in [6.45, 7) is 5.42. The van der Waals surface area contributed by atoms with E-state index in [1.54, 1.807) is 18.3 Å². The van der Waals surface area contributed by atoms with E-state index < -0.39 is 5.91 Å². The summed E-state index contributed by atoms with van der Waals surface area (Å²) in [5.41, 5.74) is 1.69. The zero-order valence-electron chi connectivity index (χ0n) is 13.4. The molecule has 0 fully saturated rings. The van der Waals surface area contributed by atoms with Gasteiger partial charge in [0.1, 0.15) is 11.5 Å². The molecule has 1 aromatic carbocycles. The van der Waals surface area contributed by atoms with E-state index in [0.717, 1.165) is 17.4 Å². The van der Waals surface area contributed by atoms with Gasteiger partial charge < -0.3 is 15.4 Å². The largest absolute Gasteiger partial charge is 0.457 e. The summed E-state index contributed by atoms with van der Waals surface area (Å²) in [6.07, 6.45) is 2.73. The van der Waals surface area contributed by atoms with Gasteiger partial charge in [-0.25, -0.2) is 0 Å².